The predicted octanol–water partition coefficient (Wildman–Crippen LogP) is 10.3. The summed E-state index contributed by atoms with van der Waals surface area (Å²) < 4.78 is 12.4. The standard InChI is InChI=1S/C35H60O4/c1-8-9-10-11-12-13-14-15-16-17-18-19-20-21-22-23-28-38-31(37)35(33(5,6)7)34(39-35,32(2,3)4)29-24-26-30(36)27-25-29/h24-27,36H,8-23,28H2,1-7H3. The molecule has 0 aromatic heterocycles. The number of rotatable bonds is 19. The molecule has 1 N–H and O–H groups in total. The molecule has 4 heteroatoms. The fourth-order valence-electron chi connectivity index (χ4n) is 6.37. The Hall–Kier alpha value is -1.55. The summed E-state index contributed by atoms with van der Waals surface area (Å²) in [5, 5.41) is 9.83. The number of epoxide rings is 1. The maximum Gasteiger partial charge on any atom is 0.342 e. The molecule has 1 aliphatic heterocycles. The van der Waals surface area contributed by atoms with Gasteiger partial charge in [0.25, 0.3) is 0 Å². The average Bonchev–Trinajstić information content (AvgIpc) is 3.60. The maximum atomic E-state index is 13.6. The second kappa shape index (κ2) is 15.5. The smallest absolute Gasteiger partial charge is 0.342 e. The van der Waals surface area contributed by atoms with E-state index in [0.29, 0.717) is 6.61 Å². The minimum atomic E-state index is -1.07. The summed E-state index contributed by atoms with van der Waals surface area (Å²) in [4.78, 5) is 13.6. The van der Waals surface area contributed by atoms with Gasteiger partial charge >= 0.3 is 5.97 Å². The van der Waals surface area contributed by atoms with E-state index in [0.717, 1.165) is 18.4 Å². The van der Waals surface area contributed by atoms with Crippen molar-refractivity contribution in [2.24, 2.45) is 10.8 Å². The zero-order valence-corrected chi connectivity index (χ0v) is 26.5. The van der Waals surface area contributed by atoms with Crippen molar-refractivity contribution in [1.29, 1.82) is 0 Å². The second-order valence-electron chi connectivity index (χ2n) is 14.0. The lowest BCUT2D eigenvalue weighted by Crippen LogP contribution is -2.49. The lowest BCUT2D eigenvalue weighted by atomic mass is 9.62. The number of phenolic OH excluding ortho intramolecular Hbond substituents is 1. The van der Waals surface area contributed by atoms with Gasteiger partial charge in [-0.2, -0.15) is 0 Å². The number of phenols is 1. The number of carbonyl (C=O) groups is 1. The summed E-state index contributed by atoms with van der Waals surface area (Å²) in [7, 11) is 0. The van der Waals surface area contributed by atoms with E-state index < -0.39 is 16.6 Å². The Kier molecular flexibility index (Phi) is 13.3. The summed E-state index contributed by atoms with van der Waals surface area (Å²) in [6.07, 6.45) is 21.2. The number of unbranched alkanes of at least 4 members (excludes halogenated alkanes) is 15. The van der Waals surface area contributed by atoms with Crippen LogP contribution in [-0.4, -0.2) is 23.3 Å². The Morgan fingerprint density at radius 2 is 1.10 bits per heavy atom. The third kappa shape index (κ3) is 8.72. The van der Waals surface area contributed by atoms with E-state index in [1.54, 1.807) is 12.1 Å². The normalized spacial score (nSPS) is 21.2. The molecule has 2 unspecified atom stereocenters. The molecule has 0 aliphatic carbocycles. The SMILES string of the molecule is CCCCCCCCCCCCCCCCCCOC(=O)C1(C(C)(C)C)OC1(c1ccc(O)cc1)C(C)(C)C. The zero-order chi connectivity index (χ0) is 29.0. The van der Waals surface area contributed by atoms with Crippen LogP contribution in [0.1, 0.15) is 157 Å². The number of aromatic hydroxyl groups is 1. The van der Waals surface area contributed by atoms with Gasteiger partial charge in [-0.1, -0.05) is 157 Å². The highest BCUT2D eigenvalue weighted by molar-refractivity contribution is 5.87. The van der Waals surface area contributed by atoms with Gasteiger partial charge in [0, 0.05) is 5.41 Å². The first-order chi connectivity index (χ1) is 18.4. The first kappa shape index (κ1) is 33.7. The third-order valence-corrected chi connectivity index (χ3v) is 8.67. The summed E-state index contributed by atoms with van der Waals surface area (Å²) in [5.41, 5.74) is -1.77. The second-order valence-corrected chi connectivity index (χ2v) is 14.0. The number of esters is 1. The minimum absolute atomic E-state index is 0.205. The lowest BCUT2D eigenvalue weighted by Gasteiger charge is -2.36. The van der Waals surface area contributed by atoms with Gasteiger partial charge in [-0.15, -0.1) is 0 Å². The molecule has 1 heterocycles. The monoisotopic (exact) mass is 544 g/mol. The van der Waals surface area contributed by atoms with Crippen LogP contribution in [0.5, 0.6) is 5.75 Å². The Bertz CT molecular complexity index is 832. The van der Waals surface area contributed by atoms with Crippen LogP contribution in [0.4, 0.5) is 0 Å². The molecule has 0 spiro atoms. The van der Waals surface area contributed by atoms with Crippen LogP contribution in [0.2, 0.25) is 0 Å². The van der Waals surface area contributed by atoms with E-state index >= 15 is 0 Å². The fourth-order valence-corrected chi connectivity index (χ4v) is 6.37. The number of ether oxygens (including phenoxy) is 2. The van der Waals surface area contributed by atoms with Crippen molar-refractivity contribution in [3.8, 4) is 5.75 Å². The Labute approximate surface area is 240 Å². The zero-order valence-electron chi connectivity index (χ0n) is 26.5. The van der Waals surface area contributed by atoms with E-state index in [1.165, 1.54) is 89.9 Å². The highest BCUT2D eigenvalue weighted by Crippen LogP contribution is 2.71. The van der Waals surface area contributed by atoms with Crippen LogP contribution >= 0.6 is 0 Å². The van der Waals surface area contributed by atoms with Gasteiger partial charge in [-0.3, -0.25) is 0 Å². The van der Waals surface area contributed by atoms with Crippen molar-refractivity contribution in [3.05, 3.63) is 29.8 Å². The third-order valence-electron chi connectivity index (χ3n) is 8.67. The molecule has 39 heavy (non-hydrogen) atoms. The predicted molar refractivity (Wildman–Crippen MR) is 163 cm³/mol. The topological polar surface area (TPSA) is 59.1 Å². The van der Waals surface area contributed by atoms with E-state index in [4.69, 9.17) is 9.47 Å². The van der Waals surface area contributed by atoms with Crippen molar-refractivity contribution in [1.82, 2.24) is 0 Å². The van der Waals surface area contributed by atoms with Crippen LogP contribution in [0, 0.1) is 10.8 Å². The highest BCUT2D eigenvalue weighted by atomic mass is 16.7. The first-order valence-electron chi connectivity index (χ1n) is 16.1. The van der Waals surface area contributed by atoms with Crippen molar-refractivity contribution in [2.75, 3.05) is 6.61 Å². The number of hydrogen-bond donors (Lipinski definition) is 1. The Morgan fingerprint density at radius 1 is 0.692 bits per heavy atom. The van der Waals surface area contributed by atoms with Crippen molar-refractivity contribution in [3.63, 3.8) is 0 Å². The number of hydrogen-bond acceptors (Lipinski definition) is 4. The molecule has 1 saturated heterocycles. The molecule has 2 atom stereocenters. The summed E-state index contributed by atoms with van der Waals surface area (Å²) in [5.74, 6) is -0.0603. The summed E-state index contributed by atoms with van der Waals surface area (Å²) in [6.45, 7) is 15.2. The van der Waals surface area contributed by atoms with Gasteiger partial charge in [0.05, 0.1) is 6.61 Å². The minimum Gasteiger partial charge on any atom is -0.508 e. The van der Waals surface area contributed by atoms with Crippen molar-refractivity contribution in [2.45, 2.75) is 162 Å². The quantitative estimate of drug-likeness (QED) is 0.107. The van der Waals surface area contributed by atoms with Crippen LogP contribution < -0.4 is 0 Å². The first-order valence-corrected chi connectivity index (χ1v) is 16.1. The molecule has 1 aromatic carbocycles. The molecule has 0 saturated carbocycles. The molecule has 4 nitrogen and oxygen atoms in total. The largest absolute Gasteiger partial charge is 0.508 e. The van der Waals surface area contributed by atoms with Crippen molar-refractivity contribution >= 4 is 5.97 Å². The van der Waals surface area contributed by atoms with E-state index in [-0.39, 0.29) is 17.1 Å². The summed E-state index contributed by atoms with van der Waals surface area (Å²) >= 11 is 0. The van der Waals surface area contributed by atoms with Gasteiger partial charge in [-0.25, -0.2) is 4.79 Å². The number of benzene rings is 1. The summed E-state index contributed by atoms with van der Waals surface area (Å²) in [6, 6.07) is 7.08. The van der Waals surface area contributed by atoms with Gasteiger partial charge in [0.15, 0.2) is 0 Å². The van der Waals surface area contributed by atoms with Gasteiger partial charge < -0.3 is 14.6 Å². The van der Waals surface area contributed by atoms with Crippen LogP contribution in [0.25, 0.3) is 0 Å². The van der Waals surface area contributed by atoms with E-state index in [1.807, 2.05) is 12.1 Å². The lowest BCUT2D eigenvalue weighted by molar-refractivity contribution is -0.155. The average molecular weight is 545 g/mol. The van der Waals surface area contributed by atoms with Crippen molar-refractivity contribution < 1.29 is 19.4 Å². The van der Waals surface area contributed by atoms with Crippen LogP contribution in [-0.2, 0) is 19.9 Å². The Balaban J connectivity index is 1.67. The molecule has 1 aliphatic rings. The molecular weight excluding hydrogens is 484 g/mol. The molecule has 0 bridgehead atoms. The molecule has 2 rings (SSSR count). The van der Waals surface area contributed by atoms with Gasteiger partial charge in [0.1, 0.15) is 11.4 Å². The van der Waals surface area contributed by atoms with E-state index in [9.17, 15) is 9.90 Å². The molecule has 0 amide bonds. The maximum absolute atomic E-state index is 13.6. The van der Waals surface area contributed by atoms with Gasteiger partial charge in [0.2, 0.25) is 5.60 Å². The Morgan fingerprint density at radius 3 is 1.49 bits per heavy atom. The number of carbonyl (C=O) groups excluding carboxylic acids is 1. The molecule has 1 aromatic rings. The molecule has 1 fully saturated rings. The molecule has 224 valence electrons. The van der Waals surface area contributed by atoms with Crippen LogP contribution in [0.3, 0.4) is 0 Å². The van der Waals surface area contributed by atoms with E-state index in [2.05, 4.69) is 48.5 Å². The highest BCUT2D eigenvalue weighted by Gasteiger charge is 2.84. The van der Waals surface area contributed by atoms with Crippen LogP contribution in [0.15, 0.2) is 24.3 Å². The van der Waals surface area contributed by atoms with Gasteiger partial charge in [-0.05, 0) is 29.5 Å². The molecular formula is C35H60O4. The molecule has 0 radical (unpaired) electrons. The fraction of sp³-hybridized carbons (Fsp3) is 0.800.